The number of rotatable bonds is 4. The van der Waals surface area contributed by atoms with Gasteiger partial charge in [-0.2, -0.15) is 0 Å². The van der Waals surface area contributed by atoms with Gasteiger partial charge in [-0.1, -0.05) is 30.7 Å². The third-order valence-corrected chi connectivity index (χ3v) is 4.24. The van der Waals surface area contributed by atoms with Crippen LogP contribution in [-0.4, -0.2) is 20.4 Å². The minimum Gasteiger partial charge on any atom is -0.493 e. The number of halogens is 1. The van der Waals surface area contributed by atoms with Gasteiger partial charge in [0.2, 0.25) is 5.88 Å². The second-order valence-corrected chi connectivity index (χ2v) is 6.18. The third kappa shape index (κ3) is 3.63. The fourth-order valence-electron chi connectivity index (χ4n) is 2.66. The van der Waals surface area contributed by atoms with Crippen molar-refractivity contribution in [3.63, 3.8) is 0 Å². The van der Waals surface area contributed by atoms with E-state index in [-0.39, 0.29) is 5.56 Å². The van der Waals surface area contributed by atoms with Gasteiger partial charge in [0.25, 0.3) is 5.56 Å². The summed E-state index contributed by atoms with van der Waals surface area (Å²) in [6, 6.07) is 13.2. The lowest BCUT2D eigenvalue weighted by Gasteiger charge is -2.13. The number of nitrogens with two attached hydrogens (primary N) is 1. The summed E-state index contributed by atoms with van der Waals surface area (Å²) in [6.07, 6.45) is 0.337. The van der Waals surface area contributed by atoms with Crippen LogP contribution in [0.15, 0.2) is 63.1 Å². The number of aromatic hydroxyl groups is 1. The van der Waals surface area contributed by atoms with Gasteiger partial charge in [0.1, 0.15) is 5.56 Å². The molecule has 0 fully saturated rings. The number of aliphatic imine (C=N–C) groups is 1. The monoisotopic (exact) mass is 384 g/mol. The van der Waals surface area contributed by atoms with Crippen LogP contribution in [0.2, 0.25) is 5.02 Å². The molecule has 0 unspecified atom stereocenters. The second kappa shape index (κ2) is 7.51. The highest BCUT2D eigenvalue weighted by Crippen LogP contribution is 2.25. The molecule has 3 aromatic rings. The Morgan fingerprint density at radius 3 is 2.48 bits per heavy atom. The maximum Gasteiger partial charge on any atom is 0.335 e. The van der Waals surface area contributed by atoms with Gasteiger partial charge in [0.15, 0.2) is 0 Å². The van der Waals surface area contributed by atoms with Gasteiger partial charge in [-0.15, -0.1) is 0 Å². The molecule has 0 saturated heterocycles. The number of nitrogens with one attached hydrogen (secondary N) is 1. The highest BCUT2D eigenvalue weighted by atomic mass is 35.5. The summed E-state index contributed by atoms with van der Waals surface area (Å²) >= 11 is 5.87. The molecule has 1 heterocycles. The van der Waals surface area contributed by atoms with E-state index < -0.39 is 17.1 Å². The predicted molar refractivity (Wildman–Crippen MR) is 107 cm³/mol. The molecule has 0 amide bonds. The van der Waals surface area contributed by atoms with Crippen molar-refractivity contribution in [3.05, 3.63) is 80.0 Å². The van der Waals surface area contributed by atoms with Crippen LogP contribution in [0.4, 0.5) is 11.4 Å². The molecule has 7 nitrogen and oxygen atoms in total. The average Bonchev–Trinajstić information content (AvgIpc) is 2.63. The van der Waals surface area contributed by atoms with Crippen LogP contribution < -0.4 is 17.0 Å². The molecule has 27 heavy (non-hydrogen) atoms. The number of nitrogen functional groups attached to an aromatic ring is 1. The summed E-state index contributed by atoms with van der Waals surface area (Å²) in [5.41, 5.74) is 5.90. The number of hydrogen-bond donors (Lipinski definition) is 3. The van der Waals surface area contributed by atoms with Gasteiger partial charge in [-0.3, -0.25) is 14.8 Å². The number of anilines is 1. The normalized spacial score (nSPS) is 11.6. The minimum atomic E-state index is -0.766. The zero-order valence-corrected chi connectivity index (χ0v) is 15.2. The molecular formula is C19H17ClN4O3. The van der Waals surface area contributed by atoms with E-state index in [1.807, 2.05) is 0 Å². The minimum absolute atomic E-state index is 0.0877. The van der Waals surface area contributed by atoms with E-state index in [0.29, 0.717) is 34.2 Å². The maximum absolute atomic E-state index is 12.4. The predicted octanol–water partition coefficient (Wildman–Crippen LogP) is 3.00. The number of para-hydroxylation sites is 2. The van der Waals surface area contributed by atoms with E-state index in [4.69, 9.17) is 17.3 Å². The lowest BCUT2D eigenvalue weighted by Crippen LogP contribution is -2.33. The Kier molecular flexibility index (Phi) is 5.14. The molecule has 0 bridgehead atoms. The smallest absolute Gasteiger partial charge is 0.335 e. The molecule has 0 aliphatic heterocycles. The summed E-state index contributed by atoms with van der Waals surface area (Å²) in [4.78, 5) is 31.3. The van der Waals surface area contributed by atoms with Crippen molar-refractivity contribution in [2.24, 2.45) is 4.99 Å². The van der Waals surface area contributed by atoms with E-state index in [1.54, 1.807) is 55.5 Å². The third-order valence-electron chi connectivity index (χ3n) is 3.99. The van der Waals surface area contributed by atoms with Gasteiger partial charge in [-0.05, 0) is 42.8 Å². The molecule has 8 heteroatoms. The van der Waals surface area contributed by atoms with E-state index in [9.17, 15) is 14.7 Å². The molecule has 0 radical (unpaired) electrons. The van der Waals surface area contributed by atoms with Crippen LogP contribution in [0.1, 0.15) is 18.9 Å². The maximum atomic E-state index is 12.4. The Bertz CT molecular complexity index is 1130. The first kappa shape index (κ1) is 18.5. The van der Waals surface area contributed by atoms with Gasteiger partial charge in [0.05, 0.1) is 22.8 Å². The van der Waals surface area contributed by atoms with Crippen molar-refractivity contribution in [2.45, 2.75) is 13.3 Å². The van der Waals surface area contributed by atoms with Crippen LogP contribution in [0.3, 0.4) is 0 Å². The molecule has 4 N–H and O–H groups in total. The zero-order chi connectivity index (χ0) is 19.6. The molecule has 1 aromatic heterocycles. The van der Waals surface area contributed by atoms with Gasteiger partial charge >= 0.3 is 5.69 Å². The molecule has 2 aromatic carbocycles. The topological polar surface area (TPSA) is 113 Å². The van der Waals surface area contributed by atoms with Crippen LogP contribution in [0, 0.1) is 0 Å². The molecule has 138 valence electrons. The zero-order valence-electron chi connectivity index (χ0n) is 14.4. The fourth-order valence-corrected chi connectivity index (χ4v) is 2.79. The number of aromatic nitrogens is 2. The van der Waals surface area contributed by atoms with E-state index in [1.165, 1.54) is 0 Å². The Labute approximate surface area is 159 Å². The molecule has 0 aliphatic rings. The molecule has 0 saturated carbocycles. The largest absolute Gasteiger partial charge is 0.493 e. The van der Waals surface area contributed by atoms with Crippen LogP contribution in [0.25, 0.3) is 5.69 Å². The Balaban J connectivity index is 2.25. The van der Waals surface area contributed by atoms with Gasteiger partial charge in [0, 0.05) is 5.02 Å². The Hall–Kier alpha value is -3.32. The number of H-pyrrole nitrogens is 1. The molecule has 3 rings (SSSR count). The van der Waals surface area contributed by atoms with Crippen molar-refractivity contribution in [1.82, 2.24) is 9.55 Å². The average molecular weight is 385 g/mol. The number of benzene rings is 2. The van der Waals surface area contributed by atoms with Crippen molar-refractivity contribution in [1.29, 1.82) is 0 Å². The number of nitrogens with zero attached hydrogens (tertiary/aromatic N) is 2. The molecule has 0 spiro atoms. The molecule has 0 aliphatic carbocycles. The molecular weight excluding hydrogens is 368 g/mol. The summed E-state index contributed by atoms with van der Waals surface area (Å²) in [5, 5.41) is 11.2. The summed E-state index contributed by atoms with van der Waals surface area (Å²) < 4.78 is 0.993. The van der Waals surface area contributed by atoms with Crippen LogP contribution in [-0.2, 0) is 0 Å². The highest BCUT2D eigenvalue weighted by Gasteiger charge is 2.19. The fraction of sp³-hybridized carbons (Fsp3) is 0.105. The SMILES string of the molecule is CCC(=Nc1ccccc1N)c1c(O)n(-c2ccc(Cl)cc2)c(=O)[nH]c1=O. The summed E-state index contributed by atoms with van der Waals surface area (Å²) in [5.74, 6) is -0.499. The second-order valence-electron chi connectivity index (χ2n) is 5.74. The van der Waals surface area contributed by atoms with Crippen molar-refractivity contribution >= 4 is 28.7 Å². The van der Waals surface area contributed by atoms with Gasteiger partial charge in [-0.25, -0.2) is 9.36 Å². The van der Waals surface area contributed by atoms with E-state index >= 15 is 0 Å². The van der Waals surface area contributed by atoms with Gasteiger partial charge < -0.3 is 10.8 Å². The lowest BCUT2D eigenvalue weighted by atomic mass is 10.1. The quantitative estimate of drug-likeness (QED) is 0.474. The summed E-state index contributed by atoms with van der Waals surface area (Å²) in [7, 11) is 0. The van der Waals surface area contributed by atoms with Crippen molar-refractivity contribution in [2.75, 3.05) is 5.73 Å². The highest BCUT2D eigenvalue weighted by molar-refractivity contribution is 6.30. The first-order valence-electron chi connectivity index (χ1n) is 8.19. The Morgan fingerprint density at radius 1 is 1.19 bits per heavy atom. The van der Waals surface area contributed by atoms with Crippen LogP contribution in [0.5, 0.6) is 5.88 Å². The first-order chi connectivity index (χ1) is 12.9. The first-order valence-corrected chi connectivity index (χ1v) is 8.56. The van der Waals surface area contributed by atoms with Crippen molar-refractivity contribution in [3.8, 4) is 11.6 Å². The van der Waals surface area contributed by atoms with E-state index in [2.05, 4.69) is 9.98 Å². The molecule has 0 atom stereocenters. The van der Waals surface area contributed by atoms with Crippen LogP contribution >= 0.6 is 11.6 Å². The van der Waals surface area contributed by atoms with Crippen molar-refractivity contribution < 1.29 is 5.11 Å². The number of aromatic amines is 1. The summed E-state index contributed by atoms with van der Waals surface area (Å²) in [6.45, 7) is 1.79. The lowest BCUT2D eigenvalue weighted by molar-refractivity contribution is 0.429. The van der Waals surface area contributed by atoms with E-state index in [0.717, 1.165) is 4.57 Å². The number of hydrogen-bond acceptors (Lipinski definition) is 5. The Morgan fingerprint density at radius 2 is 1.85 bits per heavy atom. The standard InChI is InChI=1S/C19H17ClN4O3/c1-2-14(22-15-6-4-3-5-13(15)21)16-17(25)23-19(27)24(18(16)26)12-9-7-11(20)8-10-12/h3-10,26H,2,21H2,1H3,(H,23,25,27).